The lowest BCUT2D eigenvalue weighted by molar-refractivity contribution is 0.0924. The number of para-hydroxylation sites is 1. The van der Waals surface area contributed by atoms with Crippen LogP contribution in [0.25, 0.3) is 0 Å². The zero-order valence-corrected chi connectivity index (χ0v) is 13.6. The Morgan fingerprint density at radius 1 is 0.920 bits per heavy atom. The van der Waals surface area contributed by atoms with E-state index in [4.69, 9.17) is 4.74 Å². The fourth-order valence-electron chi connectivity index (χ4n) is 3.42. The molecule has 2 aliphatic rings. The number of anilines is 2. The molecule has 0 bridgehead atoms. The van der Waals surface area contributed by atoms with Crippen molar-refractivity contribution < 1.29 is 19.4 Å². The van der Waals surface area contributed by atoms with E-state index < -0.39 is 0 Å². The first-order valence-electron chi connectivity index (χ1n) is 8.25. The molecule has 4 rings (SSSR count). The highest BCUT2D eigenvalue weighted by Gasteiger charge is 2.41. The Labute approximate surface area is 145 Å². The summed E-state index contributed by atoms with van der Waals surface area (Å²) in [5.41, 5.74) is 2.42. The maximum absolute atomic E-state index is 13.1. The number of nitrogens with zero attached hydrogens (tertiary/aromatic N) is 2. The number of carbonyl (C=O) groups is 2. The Morgan fingerprint density at radius 2 is 1.60 bits per heavy atom. The molecule has 2 aromatic carbocycles. The summed E-state index contributed by atoms with van der Waals surface area (Å²) in [6, 6.07) is 12.4. The van der Waals surface area contributed by atoms with Crippen molar-refractivity contribution in [3.63, 3.8) is 0 Å². The average molecular weight is 338 g/mol. The largest absolute Gasteiger partial charge is 0.392 e. The summed E-state index contributed by atoms with van der Waals surface area (Å²) >= 11 is 0. The Hall–Kier alpha value is -2.70. The molecule has 0 saturated carbocycles. The lowest BCUT2D eigenvalue weighted by Crippen LogP contribution is -2.37. The van der Waals surface area contributed by atoms with Gasteiger partial charge < -0.3 is 14.7 Å². The molecule has 6 heteroatoms. The van der Waals surface area contributed by atoms with E-state index in [1.165, 1.54) is 4.90 Å². The molecule has 1 N–H and O–H groups in total. The van der Waals surface area contributed by atoms with Crippen molar-refractivity contribution in [2.75, 3.05) is 36.1 Å². The van der Waals surface area contributed by atoms with Gasteiger partial charge in [0.2, 0.25) is 0 Å². The van der Waals surface area contributed by atoms with Crippen molar-refractivity contribution in [1.29, 1.82) is 0 Å². The second kappa shape index (κ2) is 6.31. The number of rotatable bonds is 3. The number of ether oxygens (including phenoxy) is 1. The van der Waals surface area contributed by atoms with Gasteiger partial charge in [-0.25, -0.2) is 4.90 Å². The summed E-state index contributed by atoms with van der Waals surface area (Å²) in [5.74, 6) is -0.728. The quantitative estimate of drug-likeness (QED) is 0.865. The van der Waals surface area contributed by atoms with Crippen LogP contribution in [0.5, 0.6) is 0 Å². The number of carbonyl (C=O) groups excluding carboxylic acids is 2. The van der Waals surface area contributed by atoms with Crippen molar-refractivity contribution in [2.24, 2.45) is 0 Å². The van der Waals surface area contributed by atoms with Crippen LogP contribution in [-0.2, 0) is 11.3 Å². The number of hydrogen-bond donors (Lipinski definition) is 1. The van der Waals surface area contributed by atoms with Crippen LogP contribution in [0, 0.1) is 0 Å². The molecule has 2 aliphatic heterocycles. The van der Waals surface area contributed by atoms with E-state index in [0.29, 0.717) is 48.7 Å². The molecule has 0 radical (unpaired) electrons. The van der Waals surface area contributed by atoms with Crippen LogP contribution in [0.3, 0.4) is 0 Å². The van der Waals surface area contributed by atoms with Gasteiger partial charge in [0.15, 0.2) is 0 Å². The summed E-state index contributed by atoms with van der Waals surface area (Å²) in [5, 5.41) is 9.65. The maximum atomic E-state index is 13.1. The monoisotopic (exact) mass is 338 g/mol. The van der Waals surface area contributed by atoms with Crippen LogP contribution in [0.4, 0.5) is 11.4 Å². The normalized spacial score (nSPS) is 17.2. The van der Waals surface area contributed by atoms with Crippen molar-refractivity contribution in [2.45, 2.75) is 6.61 Å². The van der Waals surface area contributed by atoms with Gasteiger partial charge in [0.25, 0.3) is 11.8 Å². The molecule has 6 nitrogen and oxygen atoms in total. The van der Waals surface area contributed by atoms with Gasteiger partial charge in [0.05, 0.1) is 42.3 Å². The number of fused-ring (bicyclic) bond motifs is 1. The number of aliphatic hydroxyl groups excluding tert-OH is 1. The fraction of sp³-hybridized carbons (Fsp3) is 0.263. The van der Waals surface area contributed by atoms with E-state index in [9.17, 15) is 14.7 Å². The molecule has 1 fully saturated rings. The molecule has 0 unspecified atom stereocenters. The number of aliphatic hydroxyl groups is 1. The van der Waals surface area contributed by atoms with Crippen molar-refractivity contribution >= 4 is 23.2 Å². The number of morpholine rings is 1. The minimum atomic E-state index is -0.384. The first kappa shape index (κ1) is 15.8. The molecule has 2 aromatic rings. The number of benzene rings is 2. The number of hydrogen-bond acceptors (Lipinski definition) is 5. The topological polar surface area (TPSA) is 70.1 Å². The molecule has 0 aliphatic carbocycles. The second-order valence-corrected chi connectivity index (χ2v) is 6.03. The Kier molecular flexibility index (Phi) is 3.99. The third-order valence-electron chi connectivity index (χ3n) is 4.64. The lowest BCUT2D eigenvalue weighted by atomic mass is 10.0. The van der Waals surface area contributed by atoms with E-state index >= 15 is 0 Å². The van der Waals surface area contributed by atoms with Crippen molar-refractivity contribution in [1.82, 2.24) is 0 Å². The van der Waals surface area contributed by atoms with E-state index in [2.05, 4.69) is 4.90 Å². The minimum absolute atomic E-state index is 0.284. The Morgan fingerprint density at radius 3 is 2.28 bits per heavy atom. The highest BCUT2D eigenvalue weighted by atomic mass is 16.5. The molecular weight excluding hydrogens is 320 g/mol. The van der Waals surface area contributed by atoms with Crippen LogP contribution < -0.4 is 9.80 Å². The van der Waals surface area contributed by atoms with Gasteiger partial charge in [-0.2, -0.15) is 0 Å². The van der Waals surface area contributed by atoms with E-state index in [0.717, 1.165) is 5.69 Å². The van der Waals surface area contributed by atoms with Crippen molar-refractivity contribution in [3.05, 3.63) is 59.2 Å². The summed E-state index contributed by atoms with van der Waals surface area (Å²) in [6.07, 6.45) is 0. The van der Waals surface area contributed by atoms with Gasteiger partial charge in [0.1, 0.15) is 0 Å². The van der Waals surface area contributed by atoms with Gasteiger partial charge in [-0.1, -0.05) is 24.3 Å². The van der Waals surface area contributed by atoms with Gasteiger partial charge in [-0.3, -0.25) is 9.59 Å². The summed E-state index contributed by atoms with van der Waals surface area (Å²) in [4.78, 5) is 29.3. The predicted octanol–water partition coefficient (Wildman–Crippen LogP) is 1.82. The highest BCUT2D eigenvalue weighted by molar-refractivity contribution is 6.36. The van der Waals surface area contributed by atoms with Crippen LogP contribution in [0.2, 0.25) is 0 Å². The van der Waals surface area contributed by atoms with E-state index in [-0.39, 0.29) is 18.4 Å². The molecule has 25 heavy (non-hydrogen) atoms. The fourth-order valence-corrected chi connectivity index (χ4v) is 3.42. The lowest BCUT2D eigenvalue weighted by Gasteiger charge is -2.30. The zero-order valence-electron chi connectivity index (χ0n) is 13.6. The SMILES string of the molecule is O=C1c2c(CO)ccc(N3CCOCC3)c2C(=O)N1c1ccccc1. The smallest absolute Gasteiger partial charge is 0.268 e. The van der Waals surface area contributed by atoms with Gasteiger partial charge in [-0.05, 0) is 23.8 Å². The van der Waals surface area contributed by atoms with Gasteiger partial charge >= 0.3 is 0 Å². The molecular formula is C19H18N2O4. The van der Waals surface area contributed by atoms with Crippen LogP contribution in [0.1, 0.15) is 26.3 Å². The van der Waals surface area contributed by atoms with Gasteiger partial charge in [-0.15, -0.1) is 0 Å². The third-order valence-corrected chi connectivity index (χ3v) is 4.64. The van der Waals surface area contributed by atoms with Gasteiger partial charge in [0, 0.05) is 13.1 Å². The van der Waals surface area contributed by atoms with Crippen molar-refractivity contribution in [3.8, 4) is 0 Å². The minimum Gasteiger partial charge on any atom is -0.392 e. The molecule has 0 atom stereocenters. The molecule has 0 spiro atoms. The maximum Gasteiger partial charge on any atom is 0.268 e. The Balaban J connectivity index is 1.85. The predicted molar refractivity (Wildman–Crippen MR) is 93.0 cm³/mol. The first-order chi connectivity index (χ1) is 12.2. The first-order valence-corrected chi connectivity index (χ1v) is 8.25. The molecule has 128 valence electrons. The summed E-state index contributed by atoms with van der Waals surface area (Å²) in [6.45, 7) is 2.21. The van der Waals surface area contributed by atoms with E-state index in [1.54, 1.807) is 30.3 Å². The zero-order chi connectivity index (χ0) is 17.4. The number of amides is 2. The third kappa shape index (κ3) is 2.50. The Bertz CT molecular complexity index is 829. The summed E-state index contributed by atoms with van der Waals surface area (Å²) < 4.78 is 5.38. The van der Waals surface area contributed by atoms with E-state index in [1.807, 2.05) is 12.1 Å². The molecule has 2 amide bonds. The molecule has 1 saturated heterocycles. The molecule has 2 heterocycles. The van der Waals surface area contributed by atoms with Crippen LogP contribution in [0.15, 0.2) is 42.5 Å². The molecule has 0 aromatic heterocycles. The average Bonchev–Trinajstić information content (AvgIpc) is 2.94. The number of imide groups is 1. The van der Waals surface area contributed by atoms with Crippen LogP contribution in [-0.4, -0.2) is 43.2 Å². The summed E-state index contributed by atoms with van der Waals surface area (Å²) in [7, 11) is 0. The second-order valence-electron chi connectivity index (χ2n) is 6.03. The standard InChI is InChI=1S/C19H18N2O4/c22-12-13-6-7-15(20-8-10-25-11-9-20)17-16(13)18(23)21(19(17)24)14-4-2-1-3-5-14/h1-7,22H,8-12H2. The highest BCUT2D eigenvalue weighted by Crippen LogP contribution is 2.36. The van der Waals surface area contributed by atoms with Crippen LogP contribution >= 0.6 is 0 Å².